The van der Waals surface area contributed by atoms with Crippen molar-refractivity contribution < 1.29 is 13.2 Å². The highest BCUT2D eigenvalue weighted by molar-refractivity contribution is 7.91. The Morgan fingerprint density at radius 3 is 2.65 bits per heavy atom. The third-order valence-electron chi connectivity index (χ3n) is 3.57. The van der Waals surface area contributed by atoms with E-state index in [-0.39, 0.29) is 17.4 Å². The van der Waals surface area contributed by atoms with Crippen molar-refractivity contribution in [2.75, 3.05) is 11.5 Å². The van der Waals surface area contributed by atoms with Gasteiger partial charge in [-0.25, -0.2) is 13.8 Å². The second-order valence-corrected chi connectivity index (χ2v) is 7.47. The average Bonchev–Trinajstić information content (AvgIpc) is 2.89. The molecule has 0 radical (unpaired) electrons. The summed E-state index contributed by atoms with van der Waals surface area (Å²) in [6, 6.07) is 0. The van der Waals surface area contributed by atoms with Gasteiger partial charge in [0.15, 0.2) is 9.84 Å². The lowest BCUT2D eigenvalue weighted by Crippen LogP contribution is -2.28. The number of aryl methyl sites for hydroxylation is 2. The first-order valence-corrected chi connectivity index (χ1v) is 8.32. The molecule has 20 heavy (non-hydrogen) atoms. The Balaban J connectivity index is 2.04. The van der Waals surface area contributed by atoms with Crippen molar-refractivity contribution in [3.8, 4) is 0 Å². The van der Waals surface area contributed by atoms with Crippen LogP contribution < -0.4 is 5.43 Å². The highest BCUT2D eigenvalue weighted by atomic mass is 32.2. The molecule has 7 heteroatoms. The number of carbonyl (C=O) groups is 1. The molecular weight excluding hydrogens is 278 g/mol. The number of hydrogen-bond acceptors (Lipinski definition) is 4. The summed E-state index contributed by atoms with van der Waals surface area (Å²) in [7, 11) is -3.05. The first-order chi connectivity index (χ1) is 9.30. The van der Waals surface area contributed by atoms with Crippen molar-refractivity contribution in [1.29, 1.82) is 0 Å². The molecule has 1 aliphatic rings. The van der Waals surface area contributed by atoms with E-state index in [1.54, 1.807) is 0 Å². The molecule has 0 saturated carbocycles. The summed E-state index contributed by atoms with van der Waals surface area (Å²) in [6.07, 6.45) is 2.26. The maximum Gasteiger partial charge on any atom is 0.244 e. The zero-order chi connectivity index (χ0) is 14.9. The Morgan fingerprint density at radius 2 is 2.15 bits per heavy atom. The molecule has 1 atom stereocenters. The molecule has 1 aromatic rings. The maximum atomic E-state index is 11.9. The summed E-state index contributed by atoms with van der Waals surface area (Å²) >= 11 is 0. The van der Waals surface area contributed by atoms with Crippen molar-refractivity contribution >= 4 is 21.5 Å². The molecule has 0 aliphatic carbocycles. The molecule has 110 valence electrons. The van der Waals surface area contributed by atoms with Gasteiger partial charge in [-0.05, 0) is 32.8 Å². The van der Waals surface area contributed by atoms with Crippen LogP contribution >= 0.6 is 0 Å². The van der Waals surface area contributed by atoms with E-state index in [4.69, 9.17) is 0 Å². The summed E-state index contributed by atoms with van der Waals surface area (Å²) < 4.78 is 22.7. The molecule has 2 heterocycles. The van der Waals surface area contributed by atoms with Crippen LogP contribution in [0, 0.1) is 19.8 Å². The molecule has 0 bridgehead atoms. The number of aromatic amines is 1. The van der Waals surface area contributed by atoms with Crippen LogP contribution in [0.25, 0.3) is 0 Å². The minimum atomic E-state index is -3.05. The molecule has 1 saturated heterocycles. The summed E-state index contributed by atoms with van der Waals surface area (Å²) in [5.41, 5.74) is 6.20. The number of amides is 1. The van der Waals surface area contributed by atoms with Crippen molar-refractivity contribution in [2.24, 2.45) is 11.0 Å². The number of H-pyrrole nitrogens is 1. The van der Waals surface area contributed by atoms with E-state index in [2.05, 4.69) is 15.5 Å². The fourth-order valence-electron chi connectivity index (χ4n) is 2.50. The zero-order valence-electron chi connectivity index (χ0n) is 11.9. The van der Waals surface area contributed by atoms with Crippen LogP contribution in [0.15, 0.2) is 11.3 Å². The zero-order valence-corrected chi connectivity index (χ0v) is 12.7. The van der Waals surface area contributed by atoms with Crippen LogP contribution in [0.4, 0.5) is 0 Å². The van der Waals surface area contributed by atoms with E-state index in [0.717, 1.165) is 16.8 Å². The van der Waals surface area contributed by atoms with E-state index in [9.17, 15) is 13.2 Å². The van der Waals surface area contributed by atoms with Crippen LogP contribution in [0.2, 0.25) is 0 Å². The fraction of sp³-hybridized carbons (Fsp3) is 0.538. The van der Waals surface area contributed by atoms with Gasteiger partial charge in [0, 0.05) is 17.5 Å². The monoisotopic (exact) mass is 297 g/mol. The first kappa shape index (κ1) is 14.8. The second kappa shape index (κ2) is 5.40. The highest BCUT2D eigenvalue weighted by Crippen LogP contribution is 2.18. The summed E-state index contributed by atoms with van der Waals surface area (Å²) in [5.74, 6) is -0.791. The molecule has 1 fully saturated rings. The van der Waals surface area contributed by atoms with Gasteiger partial charge in [0.1, 0.15) is 0 Å². The Labute approximate surface area is 118 Å². The van der Waals surface area contributed by atoms with E-state index < -0.39 is 15.8 Å². The summed E-state index contributed by atoms with van der Waals surface area (Å²) in [6.45, 7) is 5.71. The summed E-state index contributed by atoms with van der Waals surface area (Å²) in [4.78, 5) is 15.0. The van der Waals surface area contributed by atoms with Gasteiger partial charge in [-0.3, -0.25) is 4.79 Å². The molecule has 0 spiro atoms. The van der Waals surface area contributed by atoms with Gasteiger partial charge in [0.25, 0.3) is 0 Å². The van der Waals surface area contributed by atoms with Gasteiger partial charge in [-0.2, -0.15) is 5.10 Å². The van der Waals surface area contributed by atoms with Gasteiger partial charge in [-0.1, -0.05) is 0 Å². The van der Waals surface area contributed by atoms with Gasteiger partial charge < -0.3 is 4.98 Å². The third kappa shape index (κ3) is 3.09. The average molecular weight is 297 g/mol. The predicted octanol–water partition coefficient (Wildman–Crippen LogP) is 0.906. The van der Waals surface area contributed by atoms with Gasteiger partial charge >= 0.3 is 0 Å². The van der Waals surface area contributed by atoms with Gasteiger partial charge in [0.05, 0.1) is 23.1 Å². The van der Waals surface area contributed by atoms with Crippen LogP contribution in [0.3, 0.4) is 0 Å². The Kier molecular flexibility index (Phi) is 3.99. The summed E-state index contributed by atoms with van der Waals surface area (Å²) in [5, 5.41) is 4.08. The Hall–Kier alpha value is -1.63. The Morgan fingerprint density at radius 1 is 1.45 bits per heavy atom. The lowest BCUT2D eigenvalue weighted by molar-refractivity contribution is -0.124. The first-order valence-electron chi connectivity index (χ1n) is 6.49. The van der Waals surface area contributed by atoms with E-state index >= 15 is 0 Å². The molecule has 1 amide bonds. The van der Waals surface area contributed by atoms with E-state index in [0.29, 0.717) is 12.1 Å². The van der Waals surface area contributed by atoms with Gasteiger partial charge in [0.2, 0.25) is 5.91 Å². The maximum absolute atomic E-state index is 11.9. The molecule has 2 N–H and O–H groups in total. The number of nitrogens with one attached hydrogen (secondary N) is 2. The fourth-order valence-corrected chi connectivity index (χ4v) is 4.24. The lowest BCUT2D eigenvalue weighted by Gasteiger charge is -2.07. The standard InChI is InChI=1S/C13H19N3O3S/c1-8-6-14-9(2)12(8)10(3)15-16-13(17)11-4-5-20(18,19)7-11/h6,11,14H,4-5,7H2,1-3H3,(H,16,17)/b15-10+/t11-/m0/s1. The second-order valence-electron chi connectivity index (χ2n) is 5.24. The molecule has 2 rings (SSSR count). The lowest BCUT2D eigenvalue weighted by atomic mass is 10.1. The quantitative estimate of drug-likeness (QED) is 0.641. The topological polar surface area (TPSA) is 91.4 Å². The molecule has 0 aromatic carbocycles. The number of hydrogen-bond donors (Lipinski definition) is 2. The molecule has 6 nitrogen and oxygen atoms in total. The number of sulfone groups is 1. The Bertz CT molecular complexity index is 639. The van der Waals surface area contributed by atoms with Crippen LogP contribution in [0.5, 0.6) is 0 Å². The largest absolute Gasteiger partial charge is 0.364 e. The van der Waals surface area contributed by atoms with Crippen LogP contribution in [-0.2, 0) is 14.6 Å². The van der Waals surface area contributed by atoms with Crippen LogP contribution in [-0.4, -0.2) is 36.5 Å². The molecular formula is C13H19N3O3S. The SMILES string of the molecule is C/C(=N\NC(=O)[C@H]1CCS(=O)(=O)C1)c1c(C)c[nH]c1C. The number of hydrazone groups is 1. The molecule has 1 aromatic heterocycles. The number of aromatic nitrogens is 1. The number of carbonyl (C=O) groups excluding carboxylic acids is 1. The predicted molar refractivity (Wildman–Crippen MR) is 77.4 cm³/mol. The van der Waals surface area contributed by atoms with Crippen molar-refractivity contribution in [1.82, 2.24) is 10.4 Å². The molecule has 0 unspecified atom stereocenters. The highest BCUT2D eigenvalue weighted by Gasteiger charge is 2.32. The minimum Gasteiger partial charge on any atom is -0.364 e. The van der Waals surface area contributed by atoms with E-state index in [1.807, 2.05) is 27.0 Å². The molecule has 1 aliphatic heterocycles. The van der Waals surface area contributed by atoms with Crippen molar-refractivity contribution in [3.63, 3.8) is 0 Å². The van der Waals surface area contributed by atoms with E-state index in [1.165, 1.54) is 0 Å². The van der Waals surface area contributed by atoms with Crippen LogP contribution in [0.1, 0.15) is 30.2 Å². The normalized spacial score (nSPS) is 21.9. The third-order valence-corrected chi connectivity index (χ3v) is 5.34. The number of rotatable bonds is 3. The smallest absolute Gasteiger partial charge is 0.244 e. The minimum absolute atomic E-state index is 0.0738. The van der Waals surface area contributed by atoms with Crippen molar-refractivity contribution in [3.05, 3.63) is 23.0 Å². The number of nitrogens with zero attached hydrogens (tertiary/aromatic N) is 1. The van der Waals surface area contributed by atoms with Crippen molar-refractivity contribution in [2.45, 2.75) is 27.2 Å². The van der Waals surface area contributed by atoms with Gasteiger partial charge in [-0.15, -0.1) is 0 Å².